The molecule has 4 rings (SSSR count). The molecule has 0 saturated carbocycles. The van der Waals surface area contributed by atoms with E-state index in [1.165, 1.54) is 17.9 Å². The lowest BCUT2D eigenvalue weighted by Crippen LogP contribution is -2.25. The molecule has 0 aliphatic heterocycles. The number of amides is 1. The van der Waals surface area contributed by atoms with Crippen LogP contribution in [0.2, 0.25) is 0 Å². The second-order valence-corrected chi connectivity index (χ2v) is 7.86. The smallest absolute Gasteiger partial charge is 0.244 e. The molecule has 0 radical (unpaired) electrons. The molecule has 0 unspecified atom stereocenters. The Balaban J connectivity index is 1.73. The Hall–Kier alpha value is -4.46. The van der Waals surface area contributed by atoms with Gasteiger partial charge in [-0.1, -0.05) is 12.1 Å². The van der Waals surface area contributed by atoms with E-state index in [0.29, 0.717) is 40.7 Å². The SMILES string of the molecule is CCOc1ccccc1NC(=O)Cn1cc(C(=O)c2ccc(OC)cc2)c(=O)c2ccc(C)nc21. The first-order valence-electron chi connectivity index (χ1n) is 11.1. The molecule has 4 aromatic rings. The summed E-state index contributed by atoms with van der Waals surface area (Å²) in [5.41, 5.74) is 1.39. The Morgan fingerprint density at radius 1 is 1.03 bits per heavy atom. The third-order valence-corrected chi connectivity index (χ3v) is 5.43. The standard InChI is InChI=1S/C27H25N3O5/c1-4-35-23-8-6-5-7-22(23)29-24(31)16-30-15-21(25(32)18-10-12-19(34-3)13-11-18)26(33)20-14-9-17(2)28-27(20)30/h5-15H,4,16H2,1-3H3,(H,29,31). The number of nitrogens with one attached hydrogen (secondary N) is 1. The Kier molecular flexibility index (Phi) is 6.91. The molecule has 1 N–H and O–H groups in total. The number of aromatic nitrogens is 2. The zero-order valence-electron chi connectivity index (χ0n) is 19.7. The maximum Gasteiger partial charge on any atom is 0.244 e. The van der Waals surface area contributed by atoms with Crippen LogP contribution < -0.4 is 20.2 Å². The van der Waals surface area contributed by atoms with E-state index >= 15 is 0 Å². The van der Waals surface area contributed by atoms with Gasteiger partial charge in [0.15, 0.2) is 5.78 Å². The van der Waals surface area contributed by atoms with Crippen LogP contribution in [0, 0.1) is 6.92 Å². The van der Waals surface area contributed by atoms with Gasteiger partial charge in [-0.15, -0.1) is 0 Å². The maximum atomic E-state index is 13.2. The van der Waals surface area contributed by atoms with Gasteiger partial charge < -0.3 is 19.4 Å². The van der Waals surface area contributed by atoms with Gasteiger partial charge in [0.25, 0.3) is 0 Å². The minimum atomic E-state index is -0.448. The summed E-state index contributed by atoms with van der Waals surface area (Å²) in [5.74, 6) is 0.350. The number of rotatable bonds is 8. The minimum Gasteiger partial charge on any atom is -0.497 e. The van der Waals surface area contributed by atoms with Crippen molar-refractivity contribution in [2.45, 2.75) is 20.4 Å². The van der Waals surface area contributed by atoms with Crippen molar-refractivity contribution in [2.24, 2.45) is 0 Å². The molecular weight excluding hydrogens is 446 g/mol. The predicted molar refractivity (Wildman–Crippen MR) is 133 cm³/mol. The number of carbonyl (C=O) groups is 2. The normalized spacial score (nSPS) is 10.7. The van der Waals surface area contributed by atoms with Crippen LogP contribution in [0.3, 0.4) is 0 Å². The largest absolute Gasteiger partial charge is 0.497 e. The van der Waals surface area contributed by atoms with Crippen LogP contribution in [-0.4, -0.2) is 35.0 Å². The lowest BCUT2D eigenvalue weighted by Gasteiger charge is -2.15. The first-order chi connectivity index (χ1) is 16.9. The molecule has 2 heterocycles. The number of pyridine rings is 2. The van der Waals surface area contributed by atoms with Gasteiger partial charge in [-0.3, -0.25) is 14.4 Å². The van der Waals surface area contributed by atoms with Crippen molar-refractivity contribution < 1.29 is 19.1 Å². The Bertz CT molecular complexity index is 1460. The Morgan fingerprint density at radius 3 is 2.49 bits per heavy atom. The lowest BCUT2D eigenvalue weighted by atomic mass is 10.0. The zero-order chi connectivity index (χ0) is 24.9. The Labute approximate surface area is 202 Å². The molecule has 178 valence electrons. The number of nitrogens with zero attached hydrogens (tertiary/aromatic N) is 2. The van der Waals surface area contributed by atoms with E-state index in [9.17, 15) is 14.4 Å². The van der Waals surface area contributed by atoms with E-state index in [2.05, 4.69) is 10.3 Å². The number of ketones is 1. The average Bonchev–Trinajstić information content (AvgIpc) is 2.86. The van der Waals surface area contributed by atoms with Gasteiger partial charge in [0.05, 0.1) is 30.4 Å². The molecule has 0 fully saturated rings. The molecule has 0 saturated heterocycles. The highest BCUT2D eigenvalue weighted by molar-refractivity contribution is 6.10. The highest BCUT2D eigenvalue weighted by Gasteiger charge is 2.19. The summed E-state index contributed by atoms with van der Waals surface area (Å²) in [5, 5.41) is 3.10. The summed E-state index contributed by atoms with van der Waals surface area (Å²) in [4.78, 5) is 43.9. The van der Waals surface area contributed by atoms with Crippen LogP contribution in [-0.2, 0) is 11.3 Å². The van der Waals surface area contributed by atoms with Gasteiger partial charge in [-0.25, -0.2) is 4.98 Å². The van der Waals surface area contributed by atoms with E-state index in [1.54, 1.807) is 61.5 Å². The summed E-state index contributed by atoms with van der Waals surface area (Å²) in [6.07, 6.45) is 1.40. The van der Waals surface area contributed by atoms with E-state index < -0.39 is 11.2 Å². The van der Waals surface area contributed by atoms with E-state index in [1.807, 2.05) is 13.0 Å². The van der Waals surface area contributed by atoms with Crippen LogP contribution in [0.1, 0.15) is 28.5 Å². The molecule has 0 aliphatic carbocycles. The van der Waals surface area contributed by atoms with Crippen molar-refractivity contribution in [3.05, 3.63) is 93.9 Å². The number of fused-ring (bicyclic) bond motifs is 1. The third-order valence-electron chi connectivity index (χ3n) is 5.43. The molecular formula is C27H25N3O5. The number of ether oxygens (including phenoxy) is 2. The quantitative estimate of drug-likeness (QED) is 0.390. The van der Waals surface area contributed by atoms with Gasteiger partial charge in [0.1, 0.15) is 23.7 Å². The molecule has 2 aromatic heterocycles. The number of carbonyl (C=O) groups excluding carboxylic acids is 2. The molecule has 35 heavy (non-hydrogen) atoms. The van der Waals surface area contributed by atoms with Crippen LogP contribution in [0.5, 0.6) is 11.5 Å². The fourth-order valence-corrected chi connectivity index (χ4v) is 3.74. The van der Waals surface area contributed by atoms with Crippen molar-refractivity contribution in [3.8, 4) is 11.5 Å². The molecule has 8 nitrogen and oxygen atoms in total. The lowest BCUT2D eigenvalue weighted by molar-refractivity contribution is -0.116. The molecule has 2 aromatic carbocycles. The van der Waals surface area contributed by atoms with E-state index in [4.69, 9.17) is 9.47 Å². The Morgan fingerprint density at radius 2 is 1.77 bits per heavy atom. The highest BCUT2D eigenvalue weighted by Crippen LogP contribution is 2.24. The minimum absolute atomic E-state index is 0.0455. The van der Waals surface area contributed by atoms with Crippen LogP contribution in [0.4, 0.5) is 5.69 Å². The molecule has 0 bridgehead atoms. The number of benzene rings is 2. The summed E-state index contributed by atoms with van der Waals surface area (Å²) >= 11 is 0. The number of anilines is 1. The van der Waals surface area contributed by atoms with Crippen molar-refractivity contribution in [1.82, 2.24) is 9.55 Å². The second-order valence-electron chi connectivity index (χ2n) is 7.86. The number of hydrogen-bond donors (Lipinski definition) is 1. The topological polar surface area (TPSA) is 99.5 Å². The van der Waals surface area contributed by atoms with Crippen LogP contribution in [0.25, 0.3) is 11.0 Å². The monoisotopic (exact) mass is 471 g/mol. The molecule has 0 spiro atoms. The van der Waals surface area contributed by atoms with Crippen LogP contribution in [0.15, 0.2) is 71.7 Å². The summed E-state index contributed by atoms with van der Waals surface area (Å²) in [6, 6.07) is 17.0. The van der Waals surface area contributed by atoms with E-state index in [-0.39, 0.29) is 23.4 Å². The molecule has 0 aliphatic rings. The summed E-state index contributed by atoms with van der Waals surface area (Å²) in [7, 11) is 1.53. The summed E-state index contributed by atoms with van der Waals surface area (Å²) in [6.45, 7) is 3.96. The van der Waals surface area contributed by atoms with E-state index in [0.717, 1.165) is 0 Å². The number of para-hydroxylation sites is 2. The molecule has 0 atom stereocenters. The highest BCUT2D eigenvalue weighted by atomic mass is 16.5. The second kappa shape index (κ2) is 10.2. The number of aryl methyl sites for hydroxylation is 1. The van der Waals surface area contributed by atoms with Crippen LogP contribution >= 0.6 is 0 Å². The zero-order valence-corrected chi connectivity index (χ0v) is 19.7. The van der Waals surface area contributed by atoms with Gasteiger partial charge >= 0.3 is 0 Å². The number of hydrogen-bond acceptors (Lipinski definition) is 6. The molecule has 1 amide bonds. The van der Waals surface area contributed by atoms with Crippen molar-refractivity contribution in [2.75, 3.05) is 19.0 Å². The number of methoxy groups -OCH3 is 1. The van der Waals surface area contributed by atoms with Crippen molar-refractivity contribution in [3.63, 3.8) is 0 Å². The van der Waals surface area contributed by atoms with Gasteiger partial charge in [-0.2, -0.15) is 0 Å². The predicted octanol–water partition coefficient (Wildman–Crippen LogP) is 3.98. The third kappa shape index (κ3) is 5.06. The van der Waals surface area contributed by atoms with Gasteiger partial charge in [-0.05, 0) is 62.4 Å². The van der Waals surface area contributed by atoms with Gasteiger partial charge in [0.2, 0.25) is 11.3 Å². The van der Waals surface area contributed by atoms with Gasteiger partial charge in [0, 0.05) is 17.5 Å². The summed E-state index contributed by atoms with van der Waals surface area (Å²) < 4.78 is 12.2. The first kappa shape index (κ1) is 23.7. The van der Waals surface area contributed by atoms with Crippen molar-refractivity contribution >= 4 is 28.4 Å². The molecule has 8 heteroatoms. The van der Waals surface area contributed by atoms with Crippen molar-refractivity contribution in [1.29, 1.82) is 0 Å². The maximum absolute atomic E-state index is 13.2. The average molecular weight is 472 g/mol. The first-order valence-corrected chi connectivity index (χ1v) is 11.1. The fourth-order valence-electron chi connectivity index (χ4n) is 3.74. The fraction of sp³-hybridized carbons (Fsp3) is 0.185.